The van der Waals surface area contributed by atoms with E-state index in [1.54, 1.807) is 7.11 Å². The monoisotopic (exact) mass is 413 g/mol. The minimum atomic E-state index is -0.766. The Morgan fingerprint density at radius 2 is 1.61 bits per heavy atom. The lowest BCUT2D eigenvalue weighted by Crippen LogP contribution is -1.97. The van der Waals surface area contributed by atoms with Crippen LogP contribution in [0, 0.1) is 0 Å². The fourth-order valence-corrected chi connectivity index (χ4v) is 4.01. The van der Waals surface area contributed by atoms with Gasteiger partial charge >= 0.3 is 5.97 Å². The Morgan fingerprint density at radius 3 is 2.32 bits per heavy atom. The number of benzene rings is 3. The predicted octanol–water partition coefficient (Wildman–Crippen LogP) is 5.58. The van der Waals surface area contributed by atoms with E-state index >= 15 is 0 Å². The molecule has 0 aliphatic rings. The first-order chi connectivity index (χ1) is 15.1. The lowest BCUT2D eigenvalue weighted by atomic mass is 10.0. The van der Waals surface area contributed by atoms with Gasteiger partial charge < -0.3 is 14.4 Å². The van der Waals surface area contributed by atoms with E-state index in [1.807, 2.05) is 12.1 Å². The summed E-state index contributed by atoms with van der Waals surface area (Å²) in [5.41, 5.74) is 7.04. The first kappa shape index (κ1) is 20.9. The second-order valence-electron chi connectivity index (χ2n) is 7.85. The van der Waals surface area contributed by atoms with Crippen molar-refractivity contribution in [1.82, 2.24) is 4.57 Å². The number of aromatic nitrogens is 1. The van der Waals surface area contributed by atoms with E-state index < -0.39 is 5.97 Å². The molecular weight excluding hydrogens is 386 g/mol. The van der Waals surface area contributed by atoms with E-state index in [-0.39, 0.29) is 6.42 Å². The summed E-state index contributed by atoms with van der Waals surface area (Å²) < 4.78 is 7.46. The molecule has 0 saturated heterocycles. The number of rotatable bonds is 9. The van der Waals surface area contributed by atoms with E-state index in [0.29, 0.717) is 13.0 Å². The molecule has 1 aromatic heterocycles. The molecule has 4 nitrogen and oxygen atoms in total. The van der Waals surface area contributed by atoms with E-state index in [0.717, 1.165) is 35.2 Å². The van der Waals surface area contributed by atoms with Crippen LogP contribution in [0.25, 0.3) is 16.6 Å². The van der Waals surface area contributed by atoms with Crippen LogP contribution in [-0.4, -0.2) is 22.8 Å². The molecule has 0 amide bonds. The highest BCUT2D eigenvalue weighted by Gasteiger charge is 2.12. The van der Waals surface area contributed by atoms with Crippen molar-refractivity contribution in [3.05, 3.63) is 101 Å². The summed E-state index contributed by atoms with van der Waals surface area (Å²) in [6.45, 7) is 0.599. The highest BCUT2D eigenvalue weighted by Crippen LogP contribution is 2.28. The van der Waals surface area contributed by atoms with E-state index in [4.69, 9.17) is 9.84 Å². The lowest BCUT2D eigenvalue weighted by molar-refractivity contribution is -0.136. The van der Waals surface area contributed by atoms with Crippen LogP contribution in [0.1, 0.15) is 28.7 Å². The Balaban J connectivity index is 1.70. The lowest BCUT2D eigenvalue weighted by Gasteiger charge is -2.07. The minimum Gasteiger partial charge on any atom is -0.481 e. The van der Waals surface area contributed by atoms with E-state index in [2.05, 4.69) is 71.4 Å². The van der Waals surface area contributed by atoms with Crippen molar-refractivity contribution in [2.24, 2.45) is 0 Å². The number of methoxy groups -OCH3 is 1. The van der Waals surface area contributed by atoms with Crippen LogP contribution >= 0.6 is 0 Å². The number of carboxylic acid groups (broad SMARTS) is 1. The van der Waals surface area contributed by atoms with Gasteiger partial charge in [0.15, 0.2) is 0 Å². The van der Waals surface area contributed by atoms with E-state index in [1.165, 1.54) is 16.5 Å². The van der Waals surface area contributed by atoms with Crippen LogP contribution in [0.2, 0.25) is 0 Å². The maximum Gasteiger partial charge on any atom is 0.303 e. The molecule has 1 N–H and O–H groups in total. The van der Waals surface area contributed by atoms with Crippen LogP contribution < -0.4 is 0 Å². The van der Waals surface area contributed by atoms with Gasteiger partial charge in [-0.2, -0.15) is 0 Å². The molecule has 0 bridgehead atoms. The quantitative estimate of drug-likeness (QED) is 0.390. The molecule has 1 heterocycles. The number of hydrogen-bond acceptors (Lipinski definition) is 2. The van der Waals surface area contributed by atoms with E-state index in [9.17, 15) is 4.79 Å². The van der Waals surface area contributed by atoms with Gasteiger partial charge in [0.05, 0.1) is 12.1 Å². The van der Waals surface area contributed by atoms with Crippen molar-refractivity contribution >= 4 is 16.9 Å². The molecule has 4 rings (SSSR count). The number of hydrogen-bond donors (Lipinski definition) is 1. The smallest absolute Gasteiger partial charge is 0.303 e. The third-order valence-electron chi connectivity index (χ3n) is 5.63. The molecule has 0 saturated carbocycles. The standard InChI is InChI=1S/C27H27NO3/c1-31-19-22-8-13-24(14-9-22)28-18-23(12-7-20-5-3-2-4-6-20)25-17-21(10-15-26(25)28)11-16-27(29)30/h2-6,8-10,13-15,17-18H,7,11-12,16,19H2,1H3,(H,29,30). The molecule has 31 heavy (non-hydrogen) atoms. The zero-order valence-corrected chi connectivity index (χ0v) is 17.8. The number of carbonyl (C=O) groups is 1. The number of fused-ring (bicyclic) bond motifs is 1. The predicted molar refractivity (Wildman–Crippen MR) is 124 cm³/mol. The normalized spacial score (nSPS) is 11.1. The van der Waals surface area contributed by atoms with Crippen LogP contribution in [0.5, 0.6) is 0 Å². The summed E-state index contributed by atoms with van der Waals surface area (Å²) in [6, 6.07) is 25.2. The maximum atomic E-state index is 11.0. The molecule has 0 atom stereocenters. The van der Waals surface area contributed by atoms with Gasteiger partial charge in [0.1, 0.15) is 0 Å². The first-order valence-electron chi connectivity index (χ1n) is 10.6. The molecule has 0 spiro atoms. The zero-order chi connectivity index (χ0) is 21.6. The van der Waals surface area contributed by atoms with Gasteiger partial charge in [-0.05, 0) is 65.8 Å². The number of ether oxygens (including phenoxy) is 1. The van der Waals surface area contributed by atoms with Gasteiger partial charge in [0, 0.05) is 30.8 Å². The SMILES string of the molecule is COCc1ccc(-n2cc(CCc3ccccc3)c3cc(CCC(=O)O)ccc32)cc1. The molecule has 0 fully saturated rings. The Morgan fingerprint density at radius 1 is 0.871 bits per heavy atom. The number of nitrogens with zero attached hydrogens (tertiary/aromatic N) is 1. The third-order valence-corrected chi connectivity index (χ3v) is 5.63. The molecule has 4 heteroatoms. The summed E-state index contributed by atoms with van der Waals surface area (Å²) in [6.07, 6.45) is 4.80. The van der Waals surface area contributed by atoms with Crippen molar-refractivity contribution in [3.8, 4) is 5.69 Å². The number of aryl methyl sites for hydroxylation is 3. The van der Waals surface area contributed by atoms with Crippen LogP contribution in [0.15, 0.2) is 79.0 Å². The van der Waals surface area contributed by atoms with Crippen molar-refractivity contribution in [3.63, 3.8) is 0 Å². The van der Waals surface area contributed by atoms with Gasteiger partial charge in [0.2, 0.25) is 0 Å². The average molecular weight is 414 g/mol. The van der Waals surface area contributed by atoms with Gasteiger partial charge in [-0.25, -0.2) is 0 Å². The highest BCUT2D eigenvalue weighted by molar-refractivity contribution is 5.86. The number of aliphatic carboxylic acids is 1. The average Bonchev–Trinajstić information content (AvgIpc) is 3.15. The highest BCUT2D eigenvalue weighted by atomic mass is 16.5. The van der Waals surface area contributed by atoms with Crippen molar-refractivity contribution in [2.45, 2.75) is 32.3 Å². The maximum absolute atomic E-state index is 11.0. The fourth-order valence-electron chi connectivity index (χ4n) is 4.01. The topological polar surface area (TPSA) is 51.5 Å². The molecule has 0 aliphatic heterocycles. The van der Waals surface area contributed by atoms with Crippen LogP contribution in [0.3, 0.4) is 0 Å². The Bertz CT molecular complexity index is 1160. The third kappa shape index (κ3) is 5.04. The van der Waals surface area contributed by atoms with Crippen LogP contribution in [0.4, 0.5) is 0 Å². The summed E-state index contributed by atoms with van der Waals surface area (Å²) in [5.74, 6) is -0.766. The van der Waals surface area contributed by atoms with Crippen molar-refractivity contribution < 1.29 is 14.6 Å². The van der Waals surface area contributed by atoms with Crippen LogP contribution in [-0.2, 0) is 35.4 Å². The summed E-state index contributed by atoms with van der Waals surface area (Å²) in [7, 11) is 1.70. The Kier molecular flexibility index (Phi) is 6.48. The van der Waals surface area contributed by atoms with Gasteiger partial charge in [-0.3, -0.25) is 4.79 Å². The molecule has 4 aromatic rings. The molecule has 0 radical (unpaired) electrons. The molecule has 3 aromatic carbocycles. The summed E-state index contributed by atoms with van der Waals surface area (Å²) in [4.78, 5) is 11.0. The fraction of sp³-hybridized carbons (Fsp3) is 0.222. The molecule has 0 aliphatic carbocycles. The Hall–Kier alpha value is -3.37. The summed E-state index contributed by atoms with van der Waals surface area (Å²) in [5, 5.41) is 10.2. The Labute approximate surface area is 182 Å². The first-order valence-corrected chi connectivity index (χ1v) is 10.6. The summed E-state index contributed by atoms with van der Waals surface area (Å²) >= 11 is 0. The molecule has 158 valence electrons. The second-order valence-corrected chi connectivity index (χ2v) is 7.85. The number of carboxylic acids is 1. The second kappa shape index (κ2) is 9.63. The van der Waals surface area contributed by atoms with Gasteiger partial charge in [-0.15, -0.1) is 0 Å². The van der Waals surface area contributed by atoms with Gasteiger partial charge in [-0.1, -0.05) is 48.5 Å². The minimum absolute atomic E-state index is 0.145. The largest absolute Gasteiger partial charge is 0.481 e. The molecular formula is C27H27NO3. The van der Waals surface area contributed by atoms with Crippen molar-refractivity contribution in [2.75, 3.05) is 7.11 Å². The molecule has 0 unspecified atom stereocenters. The van der Waals surface area contributed by atoms with Gasteiger partial charge in [0.25, 0.3) is 0 Å². The van der Waals surface area contributed by atoms with Crippen molar-refractivity contribution in [1.29, 1.82) is 0 Å². The zero-order valence-electron chi connectivity index (χ0n) is 17.8.